The number of aromatic nitrogens is 3. The minimum absolute atomic E-state index is 0.0893. The molecule has 0 spiro atoms. The largest absolute Gasteiger partial charge is 0.461 e. The summed E-state index contributed by atoms with van der Waals surface area (Å²) in [6.07, 6.45) is 1.61. The van der Waals surface area contributed by atoms with Gasteiger partial charge in [0.15, 0.2) is 16.7 Å². The molecule has 0 saturated carbocycles. The first-order valence-corrected chi connectivity index (χ1v) is 10.6. The van der Waals surface area contributed by atoms with Crippen molar-refractivity contribution in [2.75, 3.05) is 5.32 Å². The van der Waals surface area contributed by atoms with E-state index in [9.17, 15) is 4.79 Å². The van der Waals surface area contributed by atoms with Gasteiger partial charge in [-0.15, -0.1) is 10.2 Å². The van der Waals surface area contributed by atoms with Gasteiger partial charge in [-0.05, 0) is 37.6 Å². The zero-order chi connectivity index (χ0) is 20.9. The highest BCUT2D eigenvalue weighted by atomic mass is 32.2. The Hall–Kier alpha value is -3.32. The van der Waals surface area contributed by atoms with Crippen molar-refractivity contribution < 1.29 is 9.21 Å². The number of nitrogens with one attached hydrogen (secondary N) is 1. The third-order valence-electron chi connectivity index (χ3n) is 4.70. The van der Waals surface area contributed by atoms with Crippen LogP contribution in [0.1, 0.15) is 13.8 Å². The minimum Gasteiger partial charge on any atom is -0.461 e. The van der Waals surface area contributed by atoms with Gasteiger partial charge in [-0.1, -0.05) is 60.3 Å². The quantitative estimate of drug-likeness (QED) is 0.410. The van der Waals surface area contributed by atoms with E-state index in [2.05, 4.69) is 15.5 Å². The van der Waals surface area contributed by atoms with Crippen LogP contribution in [0.15, 0.2) is 82.6 Å². The van der Waals surface area contributed by atoms with Crippen molar-refractivity contribution in [2.24, 2.45) is 0 Å². The van der Waals surface area contributed by atoms with E-state index in [-0.39, 0.29) is 11.2 Å². The van der Waals surface area contributed by atoms with Crippen LogP contribution >= 0.6 is 11.8 Å². The van der Waals surface area contributed by atoms with E-state index < -0.39 is 0 Å². The topological polar surface area (TPSA) is 73.0 Å². The van der Waals surface area contributed by atoms with E-state index in [0.29, 0.717) is 23.3 Å². The van der Waals surface area contributed by atoms with Crippen molar-refractivity contribution in [1.29, 1.82) is 0 Å². The molecule has 1 amide bonds. The lowest BCUT2D eigenvalue weighted by Gasteiger charge is -2.15. The van der Waals surface area contributed by atoms with Gasteiger partial charge in [0.05, 0.1) is 11.5 Å². The summed E-state index contributed by atoms with van der Waals surface area (Å²) in [6, 6.07) is 21.5. The lowest BCUT2D eigenvalue weighted by molar-refractivity contribution is -0.115. The lowest BCUT2D eigenvalue weighted by atomic mass is 10.0. The molecule has 7 heteroatoms. The molecule has 152 valence electrons. The van der Waals surface area contributed by atoms with Crippen LogP contribution in [0.5, 0.6) is 0 Å². The number of hydrogen-bond donors (Lipinski definition) is 1. The molecule has 0 aliphatic heterocycles. The molecular formula is C23H22N4O2S. The highest BCUT2D eigenvalue weighted by Gasteiger charge is 2.22. The van der Waals surface area contributed by atoms with E-state index >= 15 is 0 Å². The van der Waals surface area contributed by atoms with Crippen LogP contribution < -0.4 is 5.32 Å². The Morgan fingerprint density at radius 3 is 2.57 bits per heavy atom. The number of hydrogen-bond acceptors (Lipinski definition) is 5. The molecule has 4 rings (SSSR count). The van der Waals surface area contributed by atoms with Crippen LogP contribution in [-0.4, -0.2) is 25.9 Å². The average Bonchev–Trinajstić information content (AvgIpc) is 3.44. The number of thioether (sulfide) groups is 1. The van der Waals surface area contributed by atoms with Crippen molar-refractivity contribution >= 4 is 23.4 Å². The molecule has 0 bridgehead atoms. The van der Waals surface area contributed by atoms with Crippen molar-refractivity contribution in [2.45, 2.75) is 30.8 Å². The number of carbonyl (C=O) groups excluding carboxylic acids is 1. The maximum Gasteiger partial charge on any atom is 0.237 e. The van der Waals surface area contributed by atoms with E-state index in [1.807, 2.05) is 85.1 Å². The number of anilines is 1. The number of benzene rings is 2. The molecule has 0 aliphatic rings. The van der Waals surface area contributed by atoms with Gasteiger partial charge >= 0.3 is 0 Å². The van der Waals surface area contributed by atoms with Crippen LogP contribution in [0.4, 0.5) is 5.69 Å². The summed E-state index contributed by atoms with van der Waals surface area (Å²) in [5.41, 5.74) is 2.83. The van der Waals surface area contributed by atoms with Crippen molar-refractivity contribution in [1.82, 2.24) is 14.8 Å². The molecule has 4 aromatic rings. The van der Waals surface area contributed by atoms with Gasteiger partial charge in [0.2, 0.25) is 5.91 Å². The average molecular weight is 419 g/mol. The predicted molar refractivity (Wildman–Crippen MR) is 119 cm³/mol. The maximum atomic E-state index is 12.9. The second kappa shape index (κ2) is 9.00. The van der Waals surface area contributed by atoms with Gasteiger partial charge in [-0.25, -0.2) is 0 Å². The van der Waals surface area contributed by atoms with Crippen LogP contribution in [-0.2, 0) is 11.3 Å². The van der Waals surface area contributed by atoms with Gasteiger partial charge in [0.25, 0.3) is 0 Å². The van der Waals surface area contributed by atoms with E-state index in [1.165, 1.54) is 11.8 Å². The number of rotatable bonds is 7. The standard InChI is InChI=1S/C23H22N4O2S/c1-3-27-21(20-14-9-15-29-20)25-26-23(27)30-16(2)22(28)24-19-13-8-7-12-18(19)17-10-5-4-6-11-17/h4-16H,3H2,1-2H3,(H,24,28). The Morgan fingerprint density at radius 1 is 1.07 bits per heavy atom. The summed E-state index contributed by atoms with van der Waals surface area (Å²) in [4.78, 5) is 12.9. The molecule has 0 saturated heterocycles. The number of furan rings is 1. The fourth-order valence-corrected chi connectivity index (χ4v) is 4.07. The van der Waals surface area contributed by atoms with Gasteiger partial charge in [-0.3, -0.25) is 9.36 Å². The molecule has 1 N–H and O–H groups in total. The normalized spacial score (nSPS) is 11.9. The number of para-hydroxylation sites is 1. The summed E-state index contributed by atoms with van der Waals surface area (Å²) in [5, 5.41) is 11.9. The highest BCUT2D eigenvalue weighted by molar-refractivity contribution is 8.00. The number of nitrogens with zero attached hydrogens (tertiary/aromatic N) is 3. The first kappa shape index (κ1) is 20.0. The first-order chi connectivity index (χ1) is 14.7. The molecular weight excluding hydrogens is 396 g/mol. The van der Waals surface area contributed by atoms with Crippen molar-refractivity contribution in [3.05, 3.63) is 73.0 Å². The molecule has 2 aromatic carbocycles. The van der Waals surface area contributed by atoms with E-state index in [4.69, 9.17) is 4.42 Å². The monoisotopic (exact) mass is 418 g/mol. The Balaban J connectivity index is 1.51. The molecule has 0 radical (unpaired) electrons. The van der Waals surface area contributed by atoms with Crippen molar-refractivity contribution in [3.8, 4) is 22.7 Å². The Kier molecular flexibility index (Phi) is 5.99. The second-order valence-electron chi connectivity index (χ2n) is 6.69. The smallest absolute Gasteiger partial charge is 0.237 e. The van der Waals surface area contributed by atoms with Gasteiger partial charge in [0.1, 0.15) is 0 Å². The van der Waals surface area contributed by atoms with Crippen LogP contribution in [0.25, 0.3) is 22.7 Å². The zero-order valence-electron chi connectivity index (χ0n) is 16.8. The number of carbonyl (C=O) groups is 1. The van der Waals surface area contributed by atoms with E-state index in [0.717, 1.165) is 16.8 Å². The Morgan fingerprint density at radius 2 is 1.83 bits per heavy atom. The molecule has 1 unspecified atom stereocenters. The maximum absolute atomic E-state index is 12.9. The summed E-state index contributed by atoms with van der Waals surface area (Å²) in [7, 11) is 0. The SMILES string of the molecule is CCn1c(SC(C)C(=O)Nc2ccccc2-c2ccccc2)nnc1-c1ccco1. The first-order valence-electron chi connectivity index (χ1n) is 9.76. The molecule has 2 heterocycles. The summed E-state index contributed by atoms with van der Waals surface area (Å²) in [6.45, 7) is 4.56. The number of amides is 1. The Labute approximate surface area is 179 Å². The zero-order valence-corrected chi connectivity index (χ0v) is 17.6. The van der Waals surface area contributed by atoms with Crippen molar-refractivity contribution in [3.63, 3.8) is 0 Å². The molecule has 0 aliphatic carbocycles. The molecule has 2 aromatic heterocycles. The molecule has 1 atom stereocenters. The van der Waals surface area contributed by atoms with Crippen LogP contribution in [0.2, 0.25) is 0 Å². The van der Waals surface area contributed by atoms with Gasteiger partial charge < -0.3 is 9.73 Å². The Bertz CT molecular complexity index is 1120. The molecule has 30 heavy (non-hydrogen) atoms. The third kappa shape index (κ3) is 4.16. The summed E-state index contributed by atoms with van der Waals surface area (Å²) in [5.74, 6) is 1.23. The predicted octanol–water partition coefficient (Wildman–Crippen LogP) is 5.34. The third-order valence-corrected chi connectivity index (χ3v) is 5.78. The summed E-state index contributed by atoms with van der Waals surface area (Å²) < 4.78 is 7.40. The second-order valence-corrected chi connectivity index (χ2v) is 8.00. The summed E-state index contributed by atoms with van der Waals surface area (Å²) >= 11 is 1.38. The molecule has 6 nitrogen and oxygen atoms in total. The van der Waals surface area contributed by atoms with Crippen LogP contribution in [0.3, 0.4) is 0 Å². The van der Waals surface area contributed by atoms with Crippen LogP contribution in [0, 0.1) is 0 Å². The fourth-order valence-electron chi connectivity index (χ4n) is 3.16. The van der Waals surface area contributed by atoms with E-state index in [1.54, 1.807) is 6.26 Å². The fraction of sp³-hybridized carbons (Fsp3) is 0.174. The lowest BCUT2D eigenvalue weighted by Crippen LogP contribution is -2.23. The minimum atomic E-state index is -0.354. The molecule has 0 fully saturated rings. The van der Waals surface area contributed by atoms with Gasteiger partial charge in [0, 0.05) is 17.8 Å². The highest BCUT2D eigenvalue weighted by Crippen LogP contribution is 2.30. The van der Waals surface area contributed by atoms with Gasteiger partial charge in [-0.2, -0.15) is 0 Å².